The maximum Gasteiger partial charge on any atom is 0.0527 e. The number of halogens is 1. The van der Waals surface area contributed by atoms with E-state index in [1.807, 2.05) is 12.4 Å². The molecule has 0 saturated heterocycles. The van der Waals surface area contributed by atoms with Crippen LogP contribution in [0.5, 0.6) is 0 Å². The molecule has 1 aliphatic rings. The molecule has 1 nitrogen and oxygen atoms in total. The highest BCUT2D eigenvalue weighted by molar-refractivity contribution is 6.22. The summed E-state index contributed by atoms with van der Waals surface area (Å²) < 4.78 is 0. The van der Waals surface area contributed by atoms with Crippen LogP contribution in [0, 0.1) is 5.41 Å². The lowest BCUT2D eigenvalue weighted by atomic mass is 9.75. The number of fused-ring (bicyclic) bond motifs is 1. The molecule has 1 heterocycles. The number of pyridine rings is 1. The fourth-order valence-electron chi connectivity index (χ4n) is 3.04. The summed E-state index contributed by atoms with van der Waals surface area (Å²) in [6.45, 7) is 4.59. The molecule has 1 aliphatic carbocycles. The third kappa shape index (κ3) is 2.52. The fourth-order valence-corrected chi connectivity index (χ4v) is 3.61. The molecule has 0 aliphatic heterocycles. The summed E-state index contributed by atoms with van der Waals surface area (Å²) in [6, 6.07) is 8.50. The molecular weight excluding hydrogens is 254 g/mol. The van der Waals surface area contributed by atoms with E-state index < -0.39 is 0 Å². The summed E-state index contributed by atoms with van der Waals surface area (Å²) in [5, 5.41) is 2.59. The van der Waals surface area contributed by atoms with Crippen LogP contribution >= 0.6 is 11.6 Å². The number of hydrogen-bond donors (Lipinski definition) is 0. The Bertz CT molecular complexity index is 637. The predicted octanol–water partition coefficient (Wildman–Crippen LogP) is 5.05. The molecule has 0 fully saturated rings. The molecule has 3 rings (SSSR count). The minimum atomic E-state index is 0.135. The maximum absolute atomic E-state index is 6.41. The molecule has 19 heavy (non-hydrogen) atoms. The Kier molecular flexibility index (Phi) is 3.10. The number of hydrogen-bond acceptors (Lipinski definition) is 1. The normalized spacial score (nSPS) is 22.3. The third-order valence-corrected chi connectivity index (χ3v) is 4.11. The molecule has 1 aromatic heterocycles. The zero-order chi connectivity index (χ0) is 13.5. The van der Waals surface area contributed by atoms with Crippen LogP contribution in [0.1, 0.15) is 32.3 Å². The predicted molar refractivity (Wildman–Crippen MR) is 82.4 cm³/mol. The topological polar surface area (TPSA) is 12.9 Å². The first-order chi connectivity index (χ1) is 9.05. The summed E-state index contributed by atoms with van der Waals surface area (Å²) in [6.07, 6.45) is 8.13. The summed E-state index contributed by atoms with van der Waals surface area (Å²) in [5.74, 6) is 0. The van der Waals surface area contributed by atoms with Crippen molar-refractivity contribution in [2.75, 3.05) is 0 Å². The second-order valence-electron chi connectivity index (χ2n) is 6.16. The number of aromatic nitrogens is 1. The van der Waals surface area contributed by atoms with Crippen molar-refractivity contribution in [3.8, 4) is 0 Å². The van der Waals surface area contributed by atoms with E-state index in [9.17, 15) is 0 Å². The molecule has 1 aromatic carbocycles. The lowest BCUT2D eigenvalue weighted by Crippen LogP contribution is -2.21. The molecule has 0 spiro atoms. The zero-order valence-corrected chi connectivity index (χ0v) is 12.1. The van der Waals surface area contributed by atoms with Gasteiger partial charge < -0.3 is 0 Å². The molecule has 0 saturated carbocycles. The van der Waals surface area contributed by atoms with Crippen LogP contribution in [0.2, 0.25) is 0 Å². The van der Waals surface area contributed by atoms with Crippen molar-refractivity contribution in [3.05, 3.63) is 48.3 Å². The smallest absolute Gasteiger partial charge is 0.0527 e. The van der Waals surface area contributed by atoms with Crippen molar-refractivity contribution in [1.82, 2.24) is 4.98 Å². The number of allylic oxidation sites excluding steroid dienone is 2. The first-order valence-corrected chi connectivity index (χ1v) is 7.17. The van der Waals surface area contributed by atoms with Crippen molar-refractivity contribution < 1.29 is 0 Å². The minimum Gasteiger partial charge on any atom is -0.264 e. The molecule has 0 bridgehead atoms. The molecule has 2 aromatic rings. The van der Waals surface area contributed by atoms with Gasteiger partial charge in [-0.1, -0.05) is 38.1 Å². The van der Waals surface area contributed by atoms with Crippen LogP contribution in [0.3, 0.4) is 0 Å². The summed E-state index contributed by atoms with van der Waals surface area (Å²) in [7, 11) is 0. The molecule has 0 N–H and O–H groups in total. The Morgan fingerprint density at radius 1 is 1.26 bits per heavy atom. The highest BCUT2D eigenvalue weighted by Crippen LogP contribution is 2.42. The first kappa shape index (κ1) is 12.7. The van der Waals surface area contributed by atoms with Crippen LogP contribution in [-0.2, 0) is 0 Å². The quantitative estimate of drug-likeness (QED) is 0.662. The van der Waals surface area contributed by atoms with Gasteiger partial charge in [-0.25, -0.2) is 0 Å². The van der Waals surface area contributed by atoms with Crippen molar-refractivity contribution in [2.24, 2.45) is 5.41 Å². The number of rotatable bonds is 1. The Morgan fingerprint density at radius 2 is 2.11 bits per heavy atom. The van der Waals surface area contributed by atoms with Gasteiger partial charge in [-0.15, -0.1) is 11.6 Å². The summed E-state index contributed by atoms with van der Waals surface area (Å²) >= 11 is 6.41. The Balaban J connectivity index is 2.14. The molecule has 1 unspecified atom stereocenters. The Hall–Kier alpha value is -1.34. The van der Waals surface area contributed by atoms with E-state index in [1.54, 1.807) is 0 Å². The van der Waals surface area contributed by atoms with E-state index >= 15 is 0 Å². The van der Waals surface area contributed by atoms with Gasteiger partial charge in [0.2, 0.25) is 0 Å². The van der Waals surface area contributed by atoms with Crippen molar-refractivity contribution in [1.29, 1.82) is 0 Å². The fraction of sp³-hybridized carbons (Fsp3) is 0.353. The van der Waals surface area contributed by atoms with E-state index in [0.717, 1.165) is 12.8 Å². The van der Waals surface area contributed by atoms with Crippen LogP contribution in [0.25, 0.3) is 16.3 Å². The second-order valence-corrected chi connectivity index (χ2v) is 6.72. The molecular formula is C17H18ClN. The molecule has 0 radical (unpaired) electrons. The maximum atomic E-state index is 6.41. The van der Waals surface area contributed by atoms with Crippen LogP contribution < -0.4 is 0 Å². The lowest BCUT2D eigenvalue weighted by Gasteiger charge is -2.32. The van der Waals surface area contributed by atoms with E-state index in [-0.39, 0.29) is 10.8 Å². The largest absolute Gasteiger partial charge is 0.264 e. The average molecular weight is 272 g/mol. The molecule has 2 heteroatoms. The molecule has 1 atom stereocenters. The van der Waals surface area contributed by atoms with Gasteiger partial charge in [0.25, 0.3) is 0 Å². The van der Waals surface area contributed by atoms with Gasteiger partial charge in [0.15, 0.2) is 0 Å². The van der Waals surface area contributed by atoms with Gasteiger partial charge in [-0.3, -0.25) is 4.98 Å². The Morgan fingerprint density at radius 3 is 2.89 bits per heavy atom. The van der Waals surface area contributed by atoms with Gasteiger partial charge in [0.05, 0.1) is 5.38 Å². The van der Waals surface area contributed by atoms with Crippen molar-refractivity contribution in [3.63, 3.8) is 0 Å². The van der Waals surface area contributed by atoms with Gasteiger partial charge >= 0.3 is 0 Å². The SMILES string of the molecule is CC1(C)CC(c2cccc3cnccc23)=CC(Cl)C1. The first-order valence-electron chi connectivity index (χ1n) is 6.73. The number of alkyl halides is 1. The summed E-state index contributed by atoms with van der Waals surface area (Å²) in [4.78, 5) is 4.20. The van der Waals surface area contributed by atoms with Crippen LogP contribution in [0.15, 0.2) is 42.7 Å². The van der Waals surface area contributed by atoms with Gasteiger partial charge in [-0.05, 0) is 40.8 Å². The average Bonchev–Trinajstić information content (AvgIpc) is 2.35. The second kappa shape index (κ2) is 4.64. The summed E-state index contributed by atoms with van der Waals surface area (Å²) in [5.41, 5.74) is 2.94. The van der Waals surface area contributed by atoms with Crippen molar-refractivity contribution >= 4 is 27.9 Å². The van der Waals surface area contributed by atoms with E-state index in [4.69, 9.17) is 11.6 Å². The Labute approximate surface area is 119 Å². The van der Waals surface area contributed by atoms with Crippen LogP contribution in [0.4, 0.5) is 0 Å². The minimum absolute atomic E-state index is 0.135. The monoisotopic (exact) mass is 271 g/mol. The van der Waals surface area contributed by atoms with Gasteiger partial charge in [0.1, 0.15) is 0 Å². The van der Waals surface area contributed by atoms with Crippen LogP contribution in [-0.4, -0.2) is 10.4 Å². The van der Waals surface area contributed by atoms with Gasteiger partial charge in [-0.2, -0.15) is 0 Å². The van der Waals surface area contributed by atoms with Crippen molar-refractivity contribution in [2.45, 2.75) is 32.1 Å². The van der Waals surface area contributed by atoms with Gasteiger partial charge in [0, 0.05) is 17.8 Å². The molecule has 0 amide bonds. The van der Waals surface area contributed by atoms with E-state index in [0.29, 0.717) is 0 Å². The molecule has 98 valence electrons. The van der Waals surface area contributed by atoms with E-state index in [1.165, 1.54) is 21.9 Å². The standard InChI is InChI=1S/C17H18ClN/c1-17(2)9-13(8-14(18)10-17)15-5-3-4-12-11-19-7-6-16(12)15/h3-8,11,14H,9-10H2,1-2H3. The lowest BCUT2D eigenvalue weighted by molar-refractivity contribution is 0.340. The highest BCUT2D eigenvalue weighted by Gasteiger charge is 2.28. The number of nitrogens with zero attached hydrogens (tertiary/aromatic N) is 1. The third-order valence-electron chi connectivity index (χ3n) is 3.83. The highest BCUT2D eigenvalue weighted by atomic mass is 35.5. The number of benzene rings is 1. The zero-order valence-electron chi connectivity index (χ0n) is 11.4. The van der Waals surface area contributed by atoms with E-state index in [2.05, 4.69) is 49.2 Å².